The van der Waals surface area contributed by atoms with Gasteiger partial charge in [-0.1, -0.05) is 6.92 Å². The summed E-state index contributed by atoms with van der Waals surface area (Å²) in [7, 11) is 0. The first-order chi connectivity index (χ1) is 8.93. The quantitative estimate of drug-likeness (QED) is 0.363. The number of hydrogen-bond acceptors (Lipinski definition) is 7. The van der Waals surface area contributed by atoms with E-state index < -0.39 is 29.2 Å². The van der Waals surface area contributed by atoms with Gasteiger partial charge in [0.2, 0.25) is 0 Å². The molecule has 106 valence electrons. The predicted molar refractivity (Wildman–Crippen MR) is 67.2 cm³/mol. The molecule has 2 heterocycles. The maximum Gasteiger partial charge on any atom is 0.257 e. The molecule has 0 aliphatic carbocycles. The van der Waals surface area contributed by atoms with Gasteiger partial charge in [0.25, 0.3) is 5.56 Å². The summed E-state index contributed by atoms with van der Waals surface area (Å²) in [6.07, 6.45) is 0.330. The lowest BCUT2D eigenvalue weighted by atomic mass is 9.77. The maximum absolute atomic E-state index is 11.9. The molecule has 4 atom stereocenters. The summed E-state index contributed by atoms with van der Waals surface area (Å²) < 4.78 is 0. The van der Waals surface area contributed by atoms with E-state index in [0.29, 0.717) is 0 Å². The van der Waals surface area contributed by atoms with Crippen LogP contribution in [0.3, 0.4) is 0 Å². The molecule has 1 aliphatic heterocycles. The molecular weight excluding hydrogens is 252 g/mol. The molecule has 1 aromatic heterocycles. The molecule has 0 saturated carbocycles. The van der Waals surface area contributed by atoms with Crippen LogP contribution < -0.4 is 16.6 Å². The fraction of sp³-hybridized carbons (Fsp3) is 0.636. The molecule has 1 saturated heterocycles. The van der Waals surface area contributed by atoms with E-state index in [9.17, 15) is 20.1 Å². The van der Waals surface area contributed by atoms with Crippen molar-refractivity contribution in [3.63, 3.8) is 0 Å². The van der Waals surface area contributed by atoms with Gasteiger partial charge in [-0.05, 0) is 0 Å². The fourth-order valence-corrected chi connectivity index (χ4v) is 2.53. The van der Waals surface area contributed by atoms with Crippen molar-refractivity contribution in [2.24, 2.45) is 5.41 Å². The molecular formula is C11H18N4O4. The van der Waals surface area contributed by atoms with E-state index in [2.05, 4.69) is 15.3 Å². The van der Waals surface area contributed by atoms with Gasteiger partial charge in [0.1, 0.15) is 0 Å². The van der Waals surface area contributed by atoms with Crippen LogP contribution in [0.5, 0.6) is 0 Å². The van der Waals surface area contributed by atoms with Crippen molar-refractivity contribution in [3.05, 3.63) is 22.1 Å². The second-order valence-electron chi connectivity index (χ2n) is 5.05. The number of anilines is 1. The summed E-state index contributed by atoms with van der Waals surface area (Å²) in [5.41, 5.74) is 4.22. The molecule has 1 aliphatic rings. The van der Waals surface area contributed by atoms with Crippen molar-refractivity contribution >= 4 is 5.95 Å². The van der Waals surface area contributed by atoms with Gasteiger partial charge in [-0.15, -0.1) is 0 Å². The van der Waals surface area contributed by atoms with Crippen LogP contribution in [0.1, 0.15) is 18.5 Å². The molecule has 0 radical (unpaired) electrons. The zero-order chi connectivity index (χ0) is 14.2. The summed E-state index contributed by atoms with van der Waals surface area (Å²) >= 11 is 0. The minimum Gasteiger partial charge on any atom is -0.396 e. The highest BCUT2D eigenvalue weighted by Crippen LogP contribution is 2.42. The van der Waals surface area contributed by atoms with Gasteiger partial charge < -0.3 is 26.4 Å². The molecule has 1 fully saturated rings. The van der Waals surface area contributed by atoms with Crippen LogP contribution in [-0.2, 0) is 0 Å². The summed E-state index contributed by atoms with van der Waals surface area (Å²) in [5.74, 6) is -0.00305. The van der Waals surface area contributed by atoms with Gasteiger partial charge in [0.05, 0.1) is 30.9 Å². The Morgan fingerprint density at radius 1 is 1.53 bits per heavy atom. The normalized spacial score (nSPS) is 34.6. The Bertz CT molecular complexity index is 520. The SMILES string of the molecule is CC1(CO)C(c2cnc(N)[nH]c2=O)NC(CO)C1O. The summed E-state index contributed by atoms with van der Waals surface area (Å²) in [6, 6.07) is -1.24. The Labute approximate surface area is 109 Å². The van der Waals surface area contributed by atoms with E-state index in [1.54, 1.807) is 6.92 Å². The number of nitrogens with two attached hydrogens (primary N) is 1. The zero-order valence-electron chi connectivity index (χ0n) is 10.5. The van der Waals surface area contributed by atoms with Crippen LogP contribution in [-0.4, -0.2) is 50.6 Å². The van der Waals surface area contributed by atoms with Crippen LogP contribution in [0.4, 0.5) is 5.95 Å². The number of aliphatic hydroxyl groups excluding tert-OH is 3. The van der Waals surface area contributed by atoms with Crippen LogP contribution in [0.15, 0.2) is 11.0 Å². The summed E-state index contributed by atoms with van der Waals surface area (Å²) in [6.45, 7) is 1.00. The van der Waals surface area contributed by atoms with Crippen molar-refractivity contribution in [3.8, 4) is 0 Å². The van der Waals surface area contributed by atoms with Crippen molar-refractivity contribution in [2.45, 2.75) is 25.1 Å². The number of rotatable bonds is 3. The first kappa shape index (κ1) is 13.9. The second kappa shape index (κ2) is 4.89. The Morgan fingerprint density at radius 2 is 2.21 bits per heavy atom. The van der Waals surface area contributed by atoms with E-state index >= 15 is 0 Å². The average Bonchev–Trinajstić information content (AvgIpc) is 2.63. The first-order valence-electron chi connectivity index (χ1n) is 5.94. The molecule has 8 nitrogen and oxygen atoms in total. The molecule has 2 rings (SSSR count). The van der Waals surface area contributed by atoms with E-state index in [-0.39, 0.29) is 24.7 Å². The van der Waals surface area contributed by atoms with E-state index in [4.69, 9.17) is 5.73 Å². The lowest BCUT2D eigenvalue weighted by Gasteiger charge is -2.31. The highest BCUT2D eigenvalue weighted by atomic mass is 16.3. The third-order valence-corrected chi connectivity index (χ3v) is 3.79. The van der Waals surface area contributed by atoms with Crippen molar-refractivity contribution < 1.29 is 15.3 Å². The lowest BCUT2D eigenvalue weighted by Crippen LogP contribution is -2.40. The third kappa shape index (κ3) is 2.12. The van der Waals surface area contributed by atoms with Crippen LogP contribution >= 0.6 is 0 Å². The third-order valence-electron chi connectivity index (χ3n) is 3.79. The highest BCUT2D eigenvalue weighted by Gasteiger charge is 2.52. The lowest BCUT2D eigenvalue weighted by molar-refractivity contribution is -0.00378. The number of aromatic amines is 1. The summed E-state index contributed by atoms with van der Waals surface area (Å²) in [4.78, 5) is 18.1. The number of H-pyrrole nitrogens is 1. The van der Waals surface area contributed by atoms with Gasteiger partial charge in [0.15, 0.2) is 5.95 Å². The minimum absolute atomic E-state index is 0.00305. The smallest absolute Gasteiger partial charge is 0.257 e. The monoisotopic (exact) mass is 270 g/mol. The number of nitrogens with zero attached hydrogens (tertiary/aromatic N) is 1. The van der Waals surface area contributed by atoms with Crippen molar-refractivity contribution in [1.82, 2.24) is 15.3 Å². The Balaban J connectivity index is 2.45. The Hall–Kier alpha value is -1.48. The van der Waals surface area contributed by atoms with Crippen LogP contribution in [0.2, 0.25) is 0 Å². The number of hydrogen-bond donors (Lipinski definition) is 6. The Morgan fingerprint density at radius 3 is 2.74 bits per heavy atom. The number of nitrogen functional groups attached to an aromatic ring is 1. The fourth-order valence-electron chi connectivity index (χ4n) is 2.53. The largest absolute Gasteiger partial charge is 0.396 e. The second-order valence-corrected chi connectivity index (χ2v) is 5.05. The van der Waals surface area contributed by atoms with Crippen LogP contribution in [0, 0.1) is 5.41 Å². The van der Waals surface area contributed by atoms with E-state index in [1.165, 1.54) is 6.20 Å². The van der Waals surface area contributed by atoms with Crippen LogP contribution in [0.25, 0.3) is 0 Å². The zero-order valence-corrected chi connectivity index (χ0v) is 10.5. The first-order valence-corrected chi connectivity index (χ1v) is 5.94. The van der Waals surface area contributed by atoms with E-state index in [0.717, 1.165) is 0 Å². The molecule has 4 unspecified atom stereocenters. The molecule has 0 amide bonds. The molecule has 0 aromatic carbocycles. The average molecular weight is 270 g/mol. The van der Waals surface area contributed by atoms with Gasteiger partial charge in [-0.3, -0.25) is 9.78 Å². The molecule has 1 aromatic rings. The van der Waals surface area contributed by atoms with Gasteiger partial charge in [-0.2, -0.15) is 0 Å². The molecule has 8 heteroatoms. The van der Waals surface area contributed by atoms with Gasteiger partial charge in [0, 0.05) is 17.7 Å². The highest BCUT2D eigenvalue weighted by molar-refractivity contribution is 5.24. The van der Waals surface area contributed by atoms with Gasteiger partial charge >= 0.3 is 0 Å². The number of aliphatic hydroxyl groups is 3. The molecule has 0 bridgehead atoms. The standard InChI is InChI=1S/C11H18N4O4/c1-11(4-17)7(14-6(3-16)8(11)18)5-2-13-10(12)15-9(5)19/h2,6-8,14,16-18H,3-4H2,1H3,(H3,12,13,15,19). The number of aromatic nitrogens is 2. The Kier molecular flexibility index (Phi) is 3.59. The van der Waals surface area contributed by atoms with E-state index in [1.807, 2.05) is 0 Å². The molecule has 7 N–H and O–H groups in total. The minimum atomic E-state index is -0.988. The topological polar surface area (TPSA) is 144 Å². The molecule has 19 heavy (non-hydrogen) atoms. The number of nitrogens with one attached hydrogen (secondary N) is 2. The molecule has 0 spiro atoms. The van der Waals surface area contributed by atoms with Crippen molar-refractivity contribution in [1.29, 1.82) is 0 Å². The predicted octanol–water partition coefficient (Wildman–Crippen LogP) is -2.28. The van der Waals surface area contributed by atoms with Gasteiger partial charge in [-0.25, -0.2) is 4.98 Å². The maximum atomic E-state index is 11.9. The summed E-state index contributed by atoms with van der Waals surface area (Å²) in [5, 5.41) is 31.9. The van der Waals surface area contributed by atoms with Crippen molar-refractivity contribution in [2.75, 3.05) is 18.9 Å².